The number of hydrogen-bond acceptors (Lipinski definition) is 3. The first-order valence-corrected chi connectivity index (χ1v) is 4.98. The minimum atomic E-state index is -0.728. The van der Waals surface area contributed by atoms with Crippen LogP contribution in [0, 0.1) is 0 Å². The third kappa shape index (κ3) is 1.38. The summed E-state index contributed by atoms with van der Waals surface area (Å²) < 4.78 is 1.26. The molecule has 0 unspecified atom stereocenters. The maximum atomic E-state index is 11.6. The van der Waals surface area contributed by atoms with Crippen LogP contribution in [0.1, 0.15) is 6.92 Å². The summed E-state index contributed by atoms with van der Waals surface area (Å²) in [6.07, 6.45) is 1.26. The lowest BCUT2D eigenvalue weighted by atomic mass is 10.3. The number of aromatic nitrogens is 3. The van der Waals surface area contributed by atoms with Gasteiger partial charge in [-0.25, -0.2) is 4.79 Å². The lowest BCUT2D eigenvalue weighted by molar-refractivity contribution is 0.717. The van der Waals surface area contributed by atoms with Crippen LogP contribution >= 0.6 is 11.6 Å². The topological polar surface area (TPSA) is 87.7 Å². The fraction of sp³-hybridized carbons (Fsp3) is 0.222. The first-order valence-electron chi connectivity index (χ1n) is 4.60. The third-order valence-corrected chi connectivity index (χ3v) is 2.58. The molecule has 0 aliphatic heterocycles. The van der Waals surface area contributed by atoms with Crippen molar-refractivity contribution in [2.24, 2.45) is 0 Å². The molecule has 7 heteroatoms. The van der Waals surface area contributed by atoms with Gasteiger partial charge >= 0.3 is 5.69 Å². The zero-order chi connectivity index (χ0) is 11.9. The van der Waals surface area contributed by atoms with E-state index in [0.29, 0.717) is 6.54 Å². The Morgan fingerprint density at radius 1 is 1.38 bits per heavy atom. The molecule has 2 N–H and O–H groups in total. The molecule has 0 aliphatic rings. The molecular weight excluding hydrogens is 234 g/mol. The standard InChI is InChI=1S/C9H8ClN3O3/c1-2-13-7-5(8(15)12-9(13)16)6(14)4(10)3-11-7/h3H,2H2,1H3,(H,11,14)(H,12,15,16). The van der Waals surface area contributed by atoms with Gasteiger partial charge in [0, 0.05) is 12.7 Å². The molecule has 0 aliphatic carbocycles. The molecule has 0 aromatic carbocycles. The maximum absolute atomic E-state index is 11.6. The van der Waals surface area contributed by atoms with Gasteiger partial charge in [0.2, 0.25) is 5.43 Å². The van der Waals surface area contributed by atoms with Gasteiger partial charge in [-0.05, 0) is 6.92 Å². The molecule has 2 rings (SSSR count). The van der Waals surface area contributed by atoms with E-state index < -0.39 is 16.7 Å². The molecule has 0 saturated heterocycles. The summed E-state index contributed by atoms with van der Waals surface area (Å²) >= 11 is 5.61. The van der Waals surface area contributed by atoms with E-state index in [2.05, 4.69) is 9.97 Å². The summed E-state index contributed by atoms with van der Waals surface area (Å²) in [6, 6.07) is 0. The number of H-pyrrole nitrogens is 2. The molecule has 16 heavy (non-hydrogen) atoms. The van der Waals surface area contributed by atoms with E-state index in [1.165, 1.54) is 10.8 Å². The number of pyridine rings is 1. The van der Waals surface area contributed by atoms with Crippen molar-refractivity contribution in [2.75, 3.05) is 0 Å². The monoisotopic (exact) mass is 241 g/mol. The Balaban J connectivity index is 3.18. The molecule has 0 amide bonds. The minimum Gasteiger partial charge on any atom is -0.346 e. The number of hydrogen-bond donors (Lipinski definition) is 2. The van der Waals surface area contributed by atoms with Crippen LogP contribution in [0.3, 0.4) is 0 Å². The molecule has 0 fully saturated rings. The average molecular weight is 242 g/mol. The van der Waals surface area contributed by atoms with Gasteiger partial charge in [0.05, 0.1) is 0 Å². The van der Waals surface area contributed by atoms with Gasteiger partial charge < -0.3 is 4.98 Å². The second kappa shape index (κ2) is 3.64. The SMILES string of the molecule is CCn1c(=O)[nH]c(=O)c2c(=O)c(Cl)c[nH]c21. The van der Waals surface area contributed by atoms with Crippen molar-refractivity contribution in [1.29, 1.82) is 0 Å². The molecule has 2 aromatic rings. The zero-order valence-electron chi connectivity index (χ0n) is 8.33. The van der Waals surface area contributed by atoms with Gasteiger partial charge in [0.25, 0.3) is 5.56 Å². The second-order valence-corrected chi connectivity index (χ2v) is 3.60. The Morgan fingerprint density at radius 3 is 2.69 bits per heavy atom. The molecule has 2 heterocycles. The number of halogens is 1. The van der Waals surface area contributed by atoms with Crippen LogP contribution in [0.2, 0.25) is 5.02 Å². The molecule has 6 nitrogen and oxygen atoms in total. The Hall–Kier alpha value is -1.82. The van der Waals surface area contributed by atoms with E-state index in [1.807, 2.05) is 0 Å². The van der Waals surface area contributed by atoms with Crippen molar-refractivity contribution in [2.45, 2.75) is 13.5 Å². The predicted octanol–water partition coefficient (Wildman–Crippen LogP) is 0.0514. The van der Waals surface area contributed by atoms with Crippen LogP contribution in [0.25, 0.3) is 11.0 Å². The lowest BCUT2D eigenvalue weighted by Gasteiger charge is -2.05. The molecule has 0 atom stereocenters. The van der Waals surface area contributed by atoms with E-state index >= 15 is 0 Å². The van der Waals surface area contributed by atoms with Gasteiger partial charge in [-0.3, -0.25) is 19.1 Å². The fourth-order valence-corrected chi connectivity index (χ4v) is 1.70. The van der Waals surface area contributed by atoms with E-state index in [1.54, 1.807) is 6.92 Å². The summed E-state index contributed by atoms with van der Waals surface area (Å²) in [4.78, 5) is 39.3. The number of nitrogens with one attached hydrogen (secondary N) is 2. The molecule has 2 aromatic heterocycles. The summed E-state index contributed by atoms with van der Waals surface area (Å²) in [5.74, 6) is 0. The smallest absolute Gasteiger partial charge is 0.329 e. The van der Waals surface area contributed by atoms with Crippen molar-refractivity contribution in [1.82, 2.24) is 14.5 Å². The lowest BCUT2D eigenvalue weighted by Crippen LogP contribution is -2.33. The highest BCUT2D eigenvalue weighted by Crippen LogP contribution is 2.04. The Labute approximate surface area is 93.5 Å². The molecule has 84 valence electrons. The van der Waals surface area contributed by atoms with Crippen molar-refractivity contribution >= 4 is 22.6 Å². The predicted molar refractivity (Wildman–Crippen MR) is 60.1 cm³/mol. The summed E-state index contributed by atoms with van der Waals surface area (Å²) in [5.41, 5.74) is -1.68. The number of fused-ring (bicyclic) bond motifs is 1. The van der Waals surface area contributed by atoms with E-state index in [4.69, 9.17) is 11.6 Å². The molecule has 0 saturated carbocycles. The zero-order valence-corrected chi connectivity index (χ0v) is 9.09. The van der Waals surface area contributed by atoms with E-state index in [9.17, 15) is 14.4 Å². The van der Waals surface area contributed by atoms with Crippen molar-refractivity contribution in [3.05, 3.63) is 42.3 Å². The quantitative estimate of drug-likeness (QED) is 0.740. The second-order valence-electron chi connectivity index (χ2n) is 3.19. The van der Waals surface area contributed by atoms with Gasteiger partial charge in [0.1, 0.15) is 16.1 Å². The van der Waals surface area contributed by atoms with Crippen LogP contribution in [0.4, 0.5) is 0 Å². The van der Waals surface area contributed by atoms with Crippen LogP contribution in [0.15, 0.2) is 20.6 Å². The molecule has 0 radical (unpaired) electrons. The van der Waals surface area contributed by atoms with E-state index in [0.717, 1.165) is 0 Å². The molecular formula is C9H8ClN3O3. The van der Waals surface area contributed by atoms with Gasteiger partial charge in [-0.15, -0.1) is 0 Å². The normalized spacial score (nSPS) is 10.9. The Bertz CT molecular complexity index is 725. The number of aromatic amines is 2. The minimum absolute atomic E-state index is 0.0840. The Kier molecular flexibility index (Phi) is 2.43. The molecule has 0 spiro atoms. The molecule has 0 bridgehead atoms. The van der Waals surface area contributed by atoms with Crippen LogP contribution < -0.4 is 16.7 Å². The van der Waals surface area contributed by atoms with Crippen molar-refractivity contribution in [3.8, 4) is 0 Å². The summed E-state index contributed by atoms with van der Waals surface area (Å²) in [6.45, 7) is 2.07. The first-order chi connectivity index (χ1) is 7.56. The third-order valence-electron chi connectivity index (χ3n) is 2.30. The first kappa shape index (κ1) is 10.7. The highest BCUT2D eigenvalue weighted by atomic mass is 35.5. The average Bonchev–Trinajstić information content (AvgIpc) is 2.23. The summed E-state index contributed by atoms with van der Waals surface area (Å²) in [7, 11) is 0. The van der Waals surface area contributed by atoms with Crippen LogP contribution in [-0.4, -0.2) is 14.5 Å². The number of nitrogens with zero attached hydrogens (tertiary/aromatic N) is 1. The van der Waals surface area contributed by atoms with Crippen molar-refractivity contribution in [3.63, 3.8) is 0 Å². The van der Waals surface area contributed by atoms with Crippen molar-refractivity contribution < 1.29 is 0 Å². The van der Waals surface area contributed by atoms with Crippen LogP contribution in [0.5, 0.6) is 0 Å². The van der Waals surface area contributed by atoms with Crippen LogP contribution in [-0.2, 0) is 6.54 Å². The highest BCUT2D eigenvalue weighted by molar-refractivity contribution is 6.30. The number of rotatable bonds is 1. The highest BCUT2D eigenvalue weighted by Gasteiger charge is 2.11. The maximum Gasteiger partial charge on any atom is 0.329 e. The van der Waals surface area contributed by atoms with E-state index in [-0.39, 0.29) is 16.1 Å². The number of aryl methyl sites for hydroxylation is 1. The van der Waals surface area contributed by atoms with Gasteiger partial charge in [-0.1, -0.05) is 11.6 Å². The van der Waals surface area contributed by atoms with Gasteiger partial charge in [-0.2, -0.15) is 0 Å². The Morgan fingerprint density at radius 2 is 2.06 bits per heavy atom. The van der Waals surface area contributed by atoms with Gasteiger partial charge in [0.15, 0.2) is 0 Å². The summed E-state index contributed by atoms with van der Waals surface area (Å²) in [5, 5.41) is -0.215. The largest absolute Gasteiger partial charge is 0.346 e. The fourth-order valence-electron chi connectivity index (χ4n) is 1.55.